The Labute approximate surface area is 109 Å². The normalized spacial score (nSPS) is 15.8. The molecule has 1 rings (SSSR count). The van der Waals surface area contributed by atoms with Crippen molar-refractivity contribution in [2.24, 2.45) is 4.99 Å². The third-order valence-electron chi connectivity index (χ3n) is 2.79. The summed E-state index contributed by atoms with van der Waals surface area (Å²) in [5.41, 5.74) is 0. The van der Waals surface area contributed by atoms with Crippen LogP contribution in [0.15, 0.2) is 17.1 Å². The fourth-order valence-electron chi connectivity index (χ4n) is 1.74. The van der Waals surface area contributed by atoms with Crippen molar-refractivity contribution in [3.05, 3.63) is 12.2 Å². The van der Waals surface area contributed by atoms with Gasteiger partial charge in [-0.25, -0.2) is 0 Å². The zero-order valence-electron chi connectivity index (χ0n) is 11.6. The van der Waals surface area contributed by atoms with Gasteiger partial charge in [0.25, 0.3) is 0 Å². The molecule has 0 aromatic rings. The van der Waals surface area contributed by atoms with Crippen LogP contribution in [0.3, 0.4) is 0 Å². The highest BCUT2D eigenvalue weighted by Crippen LogP contribution is 2.08. The maximum absolute atomic E-state index is 11.4. The summed E-state index contributed by atoms with van der Waals surface area (Å²) in [5, 5.41) is 6.57. The van der Waals surface area contributed by atoms with Gasteiger partial charge in [0.15, 0.2) is 5.96 Å². The summed E-state index contributed by atoms with van der Waals surface area (Å²) in [6.07, 6.45) is 6.89. The number of rotatable bonds is 5. The van der Waals surface area contributed by atoms with Crippen LogP contribution in [0.25, 0.3) is 0 Å². The lowest BCUT2D eigenvalue weighted by Gasteiger charge is -2.16. The Morgan fingerprint density at radius 2 is 2.06 bits per heavy atom. The Balaban J connectivity index is 2.37. The summed E-state index contributed by atoms with van der Waals surface area (Å²) in [6, 6.07) is 0.437. The molecule has 1 aliphatic rings. The third-order valence-corrected chi connectivity index (χ3v) is 2.79. The standard InChI is InChI=1S/C13H24N4O/c1-4-14-13(16-11-7-5-6-8-11)15-10-9-12(18)17(2)3/h5-6,11H,4,7-10H2,1-3H3,(H2,14,15,16). The van der Waals surface area contributed by atoms with Gasteiger partial charge in [0.05, 0.1) is 6.54 Å². The smallest absolute Gasteiger partial charge is 0.223 e. The van der Waals surface area contributed by atoms with E-state index < -0.39 is 0 Å². The average molecular weight is 252 g/mol. The van der Waals surface area contributed by atoms with Gasteiger partial charge < -0.3 is 15.5 Å². The largest absolute Gasteiger partial charge is 0.357 e. The van der Waals surface area contributed by atoms with Gasteiger partial charge in [0.2, 0.25) is 5.91 Å². The summed E-state index contributed by atoms with van der Waals surface area (Å²) >= 11 is 0. The summed E-state index contributed by atoms with van der Waals surface area (Å²) < 4.78 is 0. The average Bonchev–Trinajstić information content (AvgIpc) is 2.81. The van der Waals surface area contributed by atoms with Crippen LogP contribution in [-0.4, -0.2) is 50.0 Å². The number of hydrogen-bond donors (Lipinski definition) is 2. The van der Waals surface area contributed by atoms with Crippen LogP contribution in [0, 0.1) is 0 Å². The van der Waals surface area contributed by atoms with Crippen molar-refractivity contribution in [3.63, 3.8) is 0 Å². The first-order valence-corrected chi connectivity index (χ1v) is 6.53. The van der Waals surface area contributed by atoms with E-state index in [-0.39, 0.29) is 5.91 Å². The molecule has 0 aromatic heterocycles. The number of hydrogen-bond acceptors (Lipinski definition) is 2. The second-order valence-corrected chi connectivity index (χ2v) is 4.58. The number of guanidine groups is 1. The lowest BCUT2D eigenvalue weighted by Crippen LogP contribution is -2.42. The molecular weight excluding hydrogens is 228 g/mol. The molecule has 0 saturated carbocycles. The molecule has 0 heterocycles. The van der Waals surface area contributed by atoms with Gasteiger partial charge in [-0.05, 0) is 19.8 Å². The molecule has 1 aliphatic carbocycles. The molecular formula is C13H24N4O. The monoisotopic (exact) mass is 252 g/mol. The first kappa shape index (κ1) is 14.5. The van der Waals surface area contributed by atoms with Crippen LogP contribution in [0.1, 0.15) is 26.2 Å². The van der Waals surface area contributed by atoms with Gasteiger partial charge in [0, 0.05) is 33.1 Å². The van der Waals surface area contributed by atoms with Gasteiger partial charge in [-0.3, -0.25) is 9.79 Å². The molecule has 0 aromatic carbocycles. The molecule has 102 valence electrons. The highest BCUT2D eigenvalue weighted by atomic mass is 16.2. The minimum Gasteiger partial charge on any atom is -0.357 e. The van der Waals surface area contributed by atoms with E-state index in [9.17, 15) is 4.79 Å². The van der Waals surface area contributed by atoms with Crippen LogP contribution in [0.4, 0.5) is 0 Å². The molecule has 0 fully saturated rings. The van der Waals surface area contributed by atoms with Crippen LogP contribution in [0.5, 0.6) is 0 Å². The Hall–Kier alpha value is -1.52. The van der Waals surface area contributed by atoms with Crippen LogP contribution < -0.4 is 10.6 Å². The summed E-state index contributed by atoms with van der Waals surface area (Å²) in [5.74, 6) is 0.912. The zero-order valence-corrected chi connectivity index (χ0v) is 11.6. The molecule has 0 unspecified atom stereocenters. The molecule has 0 atom stereocenters. The van der Waals surface area contributed by atoms with Crippen LogP contribution >= 0.6 is 0 Å². The quantitative estimate of drug-likeness (QED) is 0.431. The fraction of sp³-hybridized carbons (Fsp3) is 0.692. The molecule has 0 aliphatic heterocycles. The number of amides is 1. The maximum Gasteiger partial charge on any atom is 0.223 e. The summed E-state index contributed by atoms with van der Waals surface area (Å²) in [4.78, 5) is 17.4. The molecule has 5 heteroatoms. The third kappa shape index (κ3) is 5.21. The molecule has 0 radical (unpaired) electrons. The molecule has 2 N–H and O–H groups in total. The summed E-state index contributed by atoms with van der Waals surface area (Å²) in [6.45, 7) is 3.38. The van der Waals surface area contributed by atoms with Crippen molar-refractivity contribution in [1.82, 2.24) is 15.5 Å². The van der Waals surface area contributed by atoms with E-state index in [0.29, 0.717) is 19.0 Å². The zero-order chi connectivity index (χ0) is 13.4. The lowest BCUT2D eigenvalue weighted by atomic mass is 10.2. The van der Waals surface area contributed by atoms with Gasteiger partial charge in [-0.2, -0.15) is 0 Å². The van der Waals surface area contributed by atoms with E-state index in [4.69, 9.17) is 0 Å². The van der Waals surface area contributed by atoms with E-state index in [2.05, 4.69) is 27.8 Å². The van der Waals surface area contributed by atoms with Gasteiger partial charge >= 0.3 is 0 Å². The minimum absolute atomic E-state index is 0.108. The highest BCUT2D eigenvalue weighted by Gasteiger charge is 2.11. The Kier molecular flexibility index (Phi) is 6.25. The Morgan fingerprint density at radius 3 is 2.61 bits per heavy atom. The second-order valence-electron chi connectivity index (χ2n) is 4.58. The topological polar surface area (TPSA) is 56.7 Å². The Bertz CT molecular complexity index is 315. The number of aliphatic imine (C=N–C) groups is 1. The predicted molar refractivity (Wildman–Crippen MR) is 74.6 cm³/mol. The van der Waals surface area contributed by atoms with Crippen LogP contribution in [0.2, 0.25) is 0 Å². The fourth-order valence-corrected chi connectivity index (χ4v) is 1.74. The predicted octanol–water partition coefficient (Wildman–Crippen LogP) is 0.738. The molecule has 1 amide bonds. The lowest BCUT2D eigenvalue weighted by molar-refractivity contribution is -0.128. The van der Waals surface area contributed by atoms with Gasteiger partial charge in [0.1, 0.15) is 0 Å². The van der Waals surface area contributed by atoms with E-state index in [0.717, 1.165) is 25.3 Å². The number of nitrogens with one attached hydrogen (secondary N) is 2. The van der Waals surface area contributed by atoms with Crippen molar-refractivity contribution in [3.8, 4) is 0 Å². The van der Waals surface area contributed by atoms with Crippen molar-refractivity contribution in [1.29, 1.82) is 0 Å². The van der Waals surface area contributed by atoms with Crippen LogP contribution in [-0.2, 0) is 4.79 Å². The van der Waals surface area contributed by atoms with Crippen molar-refractivity contribution in [2.75, 3.05) is 27.2 Å². The van der Waals surface area contributed by atoms with Gasteiger partial charge in [-0.15, -0.1) is 0 Å². The summed E-state index contributed by atoms with van der Waals surface area (Å²) in [7, 11) is 3.53. The number of carbonyl (C=O) groups is 1. The first-order valence-electron chi connectivity index (χ1n) is 6.53. The van der Waals surface area contributed by atoms with Crippen molar-refractivity contribution >= 4 is 11.9 Å². The Morgan fingerprint density at radius 1 is 1.39 bits per heavy atom. The van der Waals surface area contributed by atoms with Crippen molar-refractivity contribution in [2.45, 2.75) is 32.2 Å². The molecule has 0 bridgehead atoms. The molecule has 5 nitrogen and oxygen atoms in total. The second kappa shape index (κ2) is 7.74. The highest BCUT2D eigenvalue weighted by molar-refractivity contribution is 5.81. The van der Waals surface area contributed by atoms with E-state index in [1.165, 1.54) is 0 Å². The van der Waals surface area contributed by atoms with E-state index in [1.54, 1.807) is 19.0 Å². The van der Waals surface area contributed by atoms with E-state index >= 15 is 0 Å². The molecule has 18 heavy (non-hydrogen) atoms. The SMILES string of the molecule is CCNC(=NCCC(=O)N(C)C)NC1CC=CC1. The maximum atomic E-state index is 11.4. The molecule has 0 saturated heterocycles. The van der Waals surface area contributed by atoms with Crippen molar-refractivity contribution < 1.29 is 4.79 Å². The first-order chi connectivity index (χ1) is 8.63. The van der Waals surface area contributed by atoms with Gasteiger partial charge in [-0.1, -0.05) is 12.2 Å². The van der Waals surface area contributed by atoms with E-state index in [1.807, 2.05) is 6.92 Å². The number of nitrogens with zero attached hydrogens (tertiary/aromatic N) is 2. The molecule has 0 spiro atoms. The number of carbonyl (C=O) groups excluding carboxylic acids is 1. The minimum atomic E-state index is 0.108.